The molecule has 2 N–H and O–H groups in total. The van der Waals surface area contributed by atoms with Crippen molar-refractivity contribution < 1.29 is 9.53 Å². The Morgan fingerprint density at radius 1 is 1.04 bits per heavy atom. The highest BCUT2D eigenvalue weighted by atomic mass is 32.1. The van der Waals surface area contributed by atoms with Crippen molar-refractivity contribution in [3.8, 4) is 5.75 Å². The Hall–Kier alpha value is -2.40. The molecule has 0 aromatic heterocycles. The summed E-state index contributed by atoms with van der Waals surface area (Å²) >= 11 is 5.27. The summed E-state index contributed by atoms with van der Waals surface area (Å²) in [4.78, 5) is 12.4. The van der Waals surface area contributed by atoms with E-state index in [0.717, 1.165) is 23.4 Å². The Morgan fingerprint density at radius 3 is 2.48 bits per heavy atom. The van der Waals surface area contributed by atoms with Crippen LogP contribution >= 0.6 is 12.2 Å². The molecule has 2 rings (SSSR count). The van der Waals surface area contributed by atoms with E-state index in [1.807, 2.05) is 44.2 Å². The van der Waals surface area contributed by atoms with Gasteiger partial charge in [-0.2, -0.15) is 0 Å². The number of benzene rings is 2. The van der Waals surface area contributed by atoms with E-state index in [9.17, 15) is 4.79 Å². The molecular formula is C22H28N2O2S. The van der Waals surface area contributed by atoms with Crippen LogP contribution in [-0.4, -0.2) is 17.6 Å². The molecule has 2 aromatic rings. The molecule has 4 nitrogen and oxygen atoms in total. The van der Waals surface area contributed by atoms with E-state index in [-0.39, 0.29) is 11.0 Å². The minimum absolute atomic E-state index is 0.243. The van der Waals surface area contributed by atoms with Gasteiger partial charge in [-0.1, -0.05) is 38.3 Å². The van der Waals surface area contributed by atoms with Crippen LogP contribution in [0.2, 0.25) is 0 Å². The molecule has 0 heterocycles. The molecule has 0 aliphatic heterocycles. The zero-order chi connectivity index (χ0) is 19.6. The van der Waals surface area contributed by atoms with Crippen molar-refractivity contribution in [3.05, 3.63) is 59.2 Å². The van der Waals surface area contributed by atoms with E-state index in [1.165, 1.54) is 24.8 Å². The van der Waals surface area contributed by atoms with Crippen LogP contribution in [-0.2, 0) is 0 Å². The van der Waals surface area contributed by atoms with Crippen molar-refractivity contribution in [1.29, 1.82) is 0 Å². The van der Waals surface area contributed by atoms with Crippen LogP contribution in [0.1, 0.15) is 54.1 Å². The third-order valence-electron chi connectivity index (χ3n) is 4.46. The Labute approximate surface area is 167 Å². The third-order valence-corrected chi connectivity index (χ3v) is 4.67. The van der Waals surface area contributed by atoms with Crippen molar-refractivity contribution in [2.24, 2.45) is 0 Å². The highest BCUT2D eigenvalue weighted by Crippen LogP contribution is 2.18. The molecule has 0 spiro atoms. The van der Waals surface area contributed by atoms with Crippen LogP contribution in [0.15, 0.2) is 42.5 Å². The number of unbranched alkanes of at least 4 members (excludes halogenated alkanes) is 3. The minimum atomic E-state index is -0.243. The molecule has 5 heteroatoms. The number of nitrogens with one attached hydrogen (secondary N) is 2. The molecule has 0 fully saturated rings. The average molecular weight is 385 g/mol. The number of rotatable bonds is 8. The van der Waals surface area contributed by atoms with Crippen LogP contribution in [0.3, 0.4) is 0 Å². The highest BCUT2D eigenvalue weighted by molar-refractivity contribution is 7.80. The topological polar surface area (TPSA) is 50.4 Å². The van der Waals surface area contributed by atoms with E-state index >= 15 is 0 Å². The summed E-state index contributed by atoms with van der Waals surface area (Å²) in [6.07, 6.45) is 4.68. The van der Waals surface area contributed by atoms with Crippen LogP contribution in [0.25, 0.3) is 0 Å². The van der Waals surface area contributed by atoms with E-state index in [2.05, 4.69) is 17.6 Å². The van der Waals surface area contributed by atoms with Crippen molar-refractivity contribution >= 4 is 28.9 Å². The number of hydrogen-bond acceptors (Lipinski definition) is 3. The van der Waals surface area contributed by atoms with Crippen LogP contribution in [0.5, 0.6) is 5.75 Å². The molecular weight excluding hydrogens is 356 g/mol. The number of carbonyl (C=O) groups is 1. The Balaban J connectivity index is 1.84. The molecule has 2 aromatic carbocycles. The lowest BCUT2D eigenvalue weighted by atomic mass is 10.1. The van der Waals surface area contributed by atoms with Gasteiger partial charge in [0.05, 0.1) is 6.61 Å². The quantitative estimate of drug-likeness (QED) is 0.473. The largest absolute Gasteiger partial charge is 0.494 e. The van der Waals surface area contributed by atoms with Gasteiger partial charge >= 0.3 is 0 Å². The maximum absolute atomic E-state index is 12.4. The third kappa shape index (κ3) is 6.68. The molecule has 27 heavy (non-hydrogen) atoms. The molecule has 144 valence electrons. The molecule has 0 unspecified atom stereocenters. The van der Waals surface area contributed by atoms with E-state index < -0.39 is 0 Å². The number of hydrogen-bond donors (Lipinski definition) is 2. The summed E-state index contributed by atoms with van der Waals surface area (Å²) in [5.74, 6) is 0.534. The molecule has 0 radical (unpaired) electrons. The van der Waals surface area contributed by atoms with Crippen LogP contribution < -0.4 is 15.4 Å². The highest BCUT2D eigenvalue weighted by Gasteiger charge is 2.09. The van der Waals surface area contributed by atoms with Gasteiger partial charge in [0.2, 0.25) is 0 Å². The van der Waals surface area contributed by atoms with Gasteiger partial charge in [-0.05, 0) is 73.9 Å². The van der Waals surface area contributed by atoms with Crippen LogP contribution in [0.4, 0.5) is 5.69 Å². The first-order chi connectivity index (χ1) is 13.0. The monoisotopic (exact) mass is 384 g/mol. The number of aryl methyl sites for hydroxylation is 1. The number of amides is 1. The molecule has 1 amide bonds. The van der Waals surface area contributed by atoms with Gasteiger partial charge in [0.1, 0.15) is 5.75 Å². The number of thiocarbonyl (C=S) groups is 1. The summed E-state index contributed by atoms with van der Waals surface area (Å²) in [5.41, 5.74) is 3.71. The fraction of sp³-hybridized carbons (Fsp3) is 0.364. The summed E-state index contributed by atoms with van der Waals surface area (Å²) < 4.78 is 5.70. The lowest BCUT2D eigenvalue weighted by Crippen LogP contribution is -2.34. The summed E-state index contributed by atoms with van der Waals surface area (Å²) in [6, 6.07) is 13.1. The number of carbonyl (C=O) groups excluding carboxylic acids is 1. The van der Waals surface area contributed by atoms with Gasteiger partial charge in [-0.15, -0.1) is 0 Å². The van der Waals surface area contributed by atoms with Gasteiger partial charge < -0.3 is 10.1 Å². The Bertz CT molecular complexity index is 772. The first kappa shape index (κ1) is 20.9. The Morgan fingerprint density at radius 2 is 1.78 bits per heavy atom. The van der Waals surface area contributed by atoms with Gasteiger partial charge in [-0.25, -0.2) is 0 Å². The molecule has 0 saturated heterocycles. The predicted molar refractivity (Wildman–Crippen MR) is 116 cm³/mol. The SMILES string of the molecule is CCCCCCOc1ccc(C(=O)NC(=S)Nc2cccc(C)c2C)cc1. The standard InChI is InChI=1S/C22H28N2O2S/c1-4-5-6-7-15-26-19-13-11-18(12-14-19)21(25)24-22(27)23-20-10-8-9-16(2)17(20)3/h8-14H,4-7,15H2,1-3H3,(H2,23,24,25,27). The van der Waals surface area contributed by atoms with Gasteiger partial charge in [0, 0.05) is 11.3 Å². The Kier molecular flexibility index (Phi) is 8.27. The summed E-state index contributed by atoms with van der Waals surface area (Å²) in [6.45, 7) is 6.95. The molecule has 0 aliphatic carbocycles. The van der Waals surface area contributed by atoms with Crippen LogP contribution in [0, 0.1) is 13.8 Å². The van der Waals surface area contributed by atoms with E-state index in [0.29, 0.717) is 12.2 Å². The first-order valence-electron chi connectivity index (χ1n) is 9.42. The average Bonchev–Trinajstić information content (AvgIpc) is 2.65. The van der Waals surface area contributed by atoms with Crippen molar-refractivity contribution in [2.75, 3.05) is 11.9 Å². The second-order valence-corrected chi connectivity index (χ2v) is 7.00. The second-order valence-electron chi connectivity index (χ2n) is 6.59. The van der Waals surface area contributed by atoms with Gasteiger partial charge in [0.15, 0.2) is 5.11 Å². The maximum atomic E-state index is 12.4. The van der Waals surface area contributed by atoms with Crippen molar-refractivity contribution in [1.82, 2.24) is 5.32 Å². The fourth-order valence-corrected chi connectivity index (χ4v) is 2.84. The molecule has 0 saturated carbocycles. The van der Waals surface area contributed by atoms with Gasteiger partial charge in [-0.3, -0.25) is 10.1 Å². The normalized spacial score (nSPS) is 10.3. The fourth-order valence-electron chi connectivity index (χ4n) is 2.64. The van der Waals surface area contributed by atoms with E-state index in [4.69, 9.17) is 17.0 Å². The zero-order valence-electron chi connectivity index (χ0n) is 16.3. The van der Waals surface area contributed by atoms with Gasteiger partial charge in [0.25, 0.3) is 5.91 Å². The zero-order valence-corrected chi connectivity index (χ0v) is 17.1. The predicted octanol–water partition coefficient (Wildman–Crippen LogP) is 5.39. The lowest BCUT2D eigenvalue weighted by molar-refractivity contribution is 0.0977. The van der Waals surface area contributed by atoms with Crippen molar-refractivity contribution in [2.45, 2.75) is 46.5 Å². The second kappa shape index (κ2) is 10.7. The summed E-state index contributed by atoms with van der Waals surface area (Å²) in [5, 5.41) is 6.08. The molecule has 0 bridgehead atoms. The lowest BCUT2D eigenvalue weighted by Gasteiger charge is -2.13. The smallest absolute Gasteiger partial charge is 0.257 e. The number of ether oxygens (including phenoxy) is 1. The first-order valence-corrected chi connectivity index (χ1v) is 9.83. The summed E-state index contributed by atoms with van der Waals surface area (Å²) in [7, 11) is 0. The van der Waals surface area contributed by atoms with Crippen molar-refractivity contribution in [3.63, 3.8) is 0 Å². The van der Waals surface area contributed by atoms with E-state index in [1.54, 1.807) is 12.1 Å². The minimum Gasteiger partial charge on any atom is -0.494 e. The number of anilines is 1. The molecule has 0 aliphatic rings. The molecule has 0 atom stereocenters. The maximum Gasteiger partial charge on any atom is 0.257 e.